The second-order valence-corrected chi connectivity index (χ2v) is 7.30. The number of nitrogens with one attached hydrogen (secondary N) is 1. The molecule has 2 rings (SSSR count). The molecular weight excluding hydrogens is 362 g/mol. The summed E-state index contributed by atoms with van der Waals surface area (Å²) in [5.41, 5.74) is 1.88. The number of benzene rings is 2. The SMILES string of the molecule is O=C(CCN(Cc1ccc([N+](=O)[O-])cc1)S(=O)(=O)c1ccccc1)NO. The summed E-state index contributed by atoms with van der Waals surface area (Å²) in [7, 11) is -3.89. The van der Waals surface area contributed by atoms with Gasteiger partial charge in [-0.15, -0.1) is 0 Å². The Kier molecular flexibility index (Phi) is 6.39. The number of nitro benzene ring substituents is 1. The fourth-order valence-electron chi connectivity index (χ4n) is 2.23. The van der Waals surface area contributed by atoms with E-state index in [1.807, 2.05) is 0 Å². The third-order valence-electron chi connectivity index (χ3n) is 3.60. The van der Waals surface area contributed by atoms with Gasteiger partial charge < -0.3 is 0 Å². The first-order chi connectivity index (χ1) is 12.3. The van der Waals surface area contributed by atoms with E-state index < -0.39 is 20.9 Å². The lowest BCUT2D eigenvalue weighted by Gasteiger charge is -2.22. The molecule has 2 aromatic rings. The summed E-state index contributed by atoms with van der Waals surface area (Å²) in [5.74, 6) is -0.720. The van der Waals surface area contributed by atoms with Crippen LogP contribution in [0.25, 0.3) is 0 Å². The Bertz CT molecular complexity index is 869. The Morgan fingerprint density at radius 2 is 1.73 bits per heavy atom. The van der Waals surface area contributed by atoms with E-state index in [0.29, 0.717) is 5.56 Å². The molecule has 10 heteroatoms. The normalized spacial score (nSPS) is 11.3. The molecule has 0 bridgehead atoms. The lowest BCUT2D eigenvalue weighted by atomic mass is 10.2. The number of rotatable bonds is 8. The van der Waals surface area contributed by atoms with E-state index in [2.05, 4.69) is 0 Å². The number of nitrogens with zero attached hydrogens (tertiary/aromatic N) is 2. The Balaban J connectivity index is 2.28. The number of hydrogen-bond acceptors (Lipinski definition) is 6. The molecule has 0 heterocycles. The molecule has 2 aromatic carbocycles. The number of carbonyl (C=O) groups is 1. The molecule has 0 fully saturated rings. The molecule has 0 radical (unpaired) electrons. The number of amides is 1. The van der Waals surface area contributed by atoms with Crippen LogP contribution in [-0.2, 0) is 21.4 Å². The van der Waals surface area contributed by atoms with E-state index in [1.54, 1.807) is 18.2 Å². The Morgan fingerprint density at radius 3 is 2.27 bits per heavy atom. The summed E-state index contributed by atoms with van der Waals surface area (Å²) in [4.78, 5) is 21.5. The van der Waals surface area contributed by atoms with Crippen molar-refractivity contribution in [1.29, 1.82) is 0 Å². The first-order valence-corrected chi connectivity index (χ1v) is 9.00. The van der Waals surface area contributed by atoms with Crippen LogP contribution in [0.5, 0.6) is 0 Å². The third kappa shape index (κ3) is 4.85. The lowest BCUT2D eigenvalue weighted by molar-refractivity contribution is -0.384. The van der Waals surface area contributed by atoms with E-state index >= 15 is 0 Å². The van der Waals surface area contributed by atoms with E-state index in [9.17, 15) is 23.3 Å². The van der Waals surface area contributed by atoms with Gasteiger partial charge >= 0.3 is 0 Å². The van der Waals surface area contributed by atoms with Crippen LogP contribution in [0.1, 0.15) is 12.0 Å². The first-order valence-electron chi connectivity index (χ1n) is 7.56. The summed E-state index contributed by atoms with van der Waals surface area (Å²) in [6.07, 6.45) is -0.241. The molecule has 0 aromatic heterocycles. The topological polar surface area (TPSA) is 130 Å². The molecule has 1 amide bonds. The predicted molar refractivity (Wildman–Crippen MR) is 91.7 cm³/mol. The van der Waals surface area contributed by atoms with Crippen molar-refractivity contribution < 1.29 is 23.3 Å². The number of nitro groups is 1. The minimum Gasteiger partial charge on any atom is -0.289 e. The van der Waals surface area contributed by atoms with Crippen LogP contribution in [0.15, 0.2) is 59.5 Å². The van der Waals surface area contributed by atoms with Gasteiger partial charge in [0.15, 0.2) is 0 Å². The highest BCUT2D eigenvalue weighted by atomic mass is 32.2. The summed E-state index contributed by atoms with van der Waals surface area (Å²) in [5, 5.41) is 19.3. The van der Waals surface area contributed by atoms with Crippen molar-refractivity contribution in [2.24, 2.45) is 0 Å². The largest absolute Gasteiger partial charge is 0.289 e. The van der Waals surface area contributed by atoms with Crippen molar-refractivity contribution >= 4 is 21.6 Å². The molecule has 0 aliphatic carbocycles. The predicted octanol–water partition coefficient (Wildman–Crippen LogP) is 1.68. The third-order valence-corrected chi connectivity index (χ3v) is 5.46. The van der Waals surface area contributed by atoms with Gasteiger partial charge in [-0.05, 0) is 17.7 Å². The molecule has 138 valence electrons. The second kappa shape index (κ2) is 8.52. The van der Waals surface area contributed by atoms with Crippen LogP contribution in [-0.4, -0.2) is 35.3 Å². The van der Waals surface area contributed by atoms with Crippen molar-refractivity contribution in [2.45, 2.75) is 17.9 Å². The van der Waals surface area contributed by atoms with E-state index in [4.69, 9.17) is 5.21 Å². The van der Waals surface area contributed by atoms with Crippen molar-refractivity contribution in [3.63, 3.8) is 0 Å². The maximum atomic E-state index is 12.8. The monoisotopic (exact) mass is 379 g/mol. The van der Waals surface area contributed by atoms with Gasteiger partial charge in [0, 0.05) is 31.6 Å². The van der Waals surface area contributed by atoms with Crippen LogP contribution in [0.4, 0.5) is 5.69 Å². The number of hydrogen-bond donors (Lipinski definition) is 2. The van der Waals surface area contributed by atoms with Crippen LogP contribution >= 0.6 is 0 Å². The van der Waals surface area contributed by atoms with E-state index in [0.717, 1.165) is 4.31 Å². The van der Waals surface area contributed by atoms with Crippen molar-refractivity contribution in [3.8, 4) is 0 Å². The zero-order valence-corrected chi connectivity index (χ0v) is 14.4. The quantitative estimate of drug-likeness (QED) is 0.408. The zero-order valence-electron chi connectivity index (χ0n) is 13.6. The smallest absolute Gasteiger partial charge is 0.269 e. The minimum atomic E-state index is -3.89. The van der Waals surface area contributed by atoms with Gasteiger partial charge in [0.05, 0.1) is 9.82 Å². The molecule has 0 saturated heterocycles. The van der Waals surface area contributed by atoms with Crippen LogP contribution < -0.4 is 5.48 Å². The van der Waals surface area contributed by atoms with Gasteiger partial charge in [-0.25, -0.2) is 13.9 Å². The summed E-state index contributed by atoms with van der Waals surface area (Å²) >= 11 is 0. The summed E-state index contributed by atoms with van der Waals surface area (Å²) in [6.45, 7) is -0.242. The van der Waals surface area contributed by atoms with Crippen LogP contribution in [0.2, 0.25) is 0 Å². The molecule has 0 atom stereocenters. The van der Waals surface area contributed by atoms with E-state index in [1.165, 1.54) is 41.9 Å². The molecule has 2 N–H and O–H groups in total. The van der Waals surface area contributed by atoms with Gasteiger partial charge in [0.2, 0.25) is 15.9 Å². The van der Waals surface area contributed by atoms with Crippen LogP contribution in [0.3, 0.4) is 0 Å². The number of sulfonamides is 1. The highest BCUT2D eigenvalue weighted by Crippen LogP contribution is 2.20. The molecular formula is C16H17N3O6S. The maximum absolute atomic E-state index is 12.8. The summed E-state index contributed by atoms with van der Waals surface area (Å²) < 4.78 is 26.8. The van der Waals surface area contributed by atoms with Crippen molar-refractivity contribution in [1.82, 2.24) is 9.79 Å². The highest BCUT2D eigenvalue weighted by Gasteiger charge is 2.25. The maximum Gasteiger partial charge on any atom is 0.269 e. The number of non-ortho nitro benzene ring substituents is 1. The first kappa shape index (κ1) is 19.5. The molecule has 0 spiro atoms. The molecule has 0 aliphatic rings. The van der Waals surface area contributed by atoms with Gasteiger partial charge in [0.1, 0.15) is 0 Å². The Hall–Kier alpha value is -2.82. The fraction of sp³-hybridized carbons (Fsp3) is 0.188. The van der Waals surface area contributed by atoms with Gasteiger partial charge in [-0.1, -0.05) is 30.3 Å². The van der Waals surface area contributed by atoms with Gasteiger partial charge in [-0.2, -0.15) is 4.31 Å². The van der Waals surface area contributed by atoms with Gasteiger partial charge in [0.25, 0.3) is 5.69 Å². The molecule has 9 nitrogen and oxygen atoms in total. The number of carbonyl (C=O) groups excluding carboxylic acids is 1. The van der Waals surface area contributed by atoms with Gasteiger partial charge in [-0.3, -0.25) is 20.1 Å². The fourth-order valence-corrected chi connectivity index (χ4v) is 3.68. The number of hydroxylamine groups is 1. The Morgan fingerprint density at radius 1 is 1.12 bits per heavy atom. The molecule has 0 saturated carbocycles. The summed E-state index contributed by atoms with van der Waals surface area (Å²) in [6, 6.07) is 13.2. The standard InChI is InChI=1S/C16H17N3O6S/c20-16(17-21)10-11-18(26(24,25)15-4-2-1-3-5-15)12-13-6-8-14(9-7-13)19(22)23/h1-9,21H,10-12H2,(H,17,20). The zero-order chi connectivity index (χ0) is 19.2. The average molecular weight is 379 g/mol. The van der Waals surface area contributed by atoms with Crippen molar-refractivity contribution in [3.05, 3.63) is 70.3 Å². The lowest BCUT2D eigenvalue weighted by Crippen LogP contribution is -2.34. The Labute approximate surface area is 150 Å². The highest BCUT2D eigenvalue weighted by molar-refractivity contribution is 7.89. The molecule has 26 heavy (non-hydrogen) atoms. The second-order valence-electron chi connectivity index (χ2n) is 5.36. The van der Waals surface area contributed by atoms with Crippen LogP contribution in [0, 0.1) is 10.1 Å². The molecule has 0 unspecified atom stereocenters. The molecule has 0 aliphatic heterocycles. The van der Waals surface area contributed by atoms with Crippen molar-refractivity contribution in [2.75, 3.05) is 6.54 Å². The average Bonchev–Trinajstić information content (AvgIpc) is 2.65. The minimum absolute atomic E-state index is 0.0614. The van der Waals surface area contributed by atoms with E-state index in [-0.39, 0.29) is 30.1 Å².